The van der Waals surface area contributed by atoms with Crippen LogP contribution in [0.3, 0.4) is 0 Å². The number of benzene rings is 3. The number of carboxylic acid groups (broad SMARTS) is 1. The van der Waals surface area contributed by atoms with Gasteiger partial charge in [0.1, 0.15) is 12.4 Å². The molecule has 0 saturated heterocycles. The van der Waals surface area contributed by atoms with Crippen molar-refractivity contribution in [3.63, 3.8) is 0 Å². The number of rotatable bonds is 5. The van der Waals surface area contributed by atoms with Crippen LogP contribution < -0.4 is 4.74 Å². The molecule has 0 unspecified atom stereocenters. The molecular weight excluding hydrogens is 288 g/mol. The van der Waals surface area contributed by atoms with E-state index in [0.29, 0.717) is 6.61 Å². The van der Waals surface area contributed by atoms with Crippen LogP contribution in [-0.2, 0) is 11.4 Å². The predicted molar refractivity (Wildman–Crippen MR) is 91.4 cm³/mol. The zero-order valence-electron chi connectivity index (χ0n) is 12.5. The SMILES string of the molecule is O=C(O)/C=C/c1ccc(OCc2cccc3ccccc23)cc1. The van der Waals surface area contributed by atoms with Gasteiger partial charge in [0.25, 0.3) is 0 Å². The summed E-state index contributed by atoms with van der Waals surface area (Å²) in [6, 6.07) is 21.7. The number of carboxylic acids is 1. The monoisotopic (exact) mass is 304 g/mol. The maximum Gasteiger partial charge on any atom is 0.328 e. The Hall–Kier alpha value is -3.07. The van der Waals surface area contributed by atoms with E-state index in [2.05, 4.69) is 24.3 Å². The molecule has 114 valence electrons. The first-order valence-electron chi connectivity index (χ1n) is 7.33. The Bertz CT molecular complexity index is 843. The minimum atomic E-state index is -0.957. The van der Waals surface area contributed by atoms with Crippen molar-refractivity contribution in [1.29, 1.82) is 0 Å². The molecule has 3 aromatic rings. The second-order valence-electron chi connectivity index (χ2n) is 5.17. The Morgan fingerprint density at radius 1 is 0.957 bits per heavy atom. The van der Waals surface area contributed by atoms with E-state index in [1.807, 2.05) is 42.5 Å². The normalized spacial score (nSPS) is 11.0. The fourth-order valence-corrected chi connectivity index (χ4v) is 2.42. The van der Waals surface area contributed by atoms with Crippen LogP contribution in [0.25, 0.3) is 16.8 Å². The first-order chi connectivity index (χ1) is 11.2. The van der Waals surface area contributed by atoms with Gasteiger partial charge in [0.05, 0.1) is 0 Å². The van der Waals surface area contributed by atoms with Crippen molar-refractivity contribution in [3.8, 4) is 5.75 Å². The molecule has 3 nitrogen and oxygen atoms in total. The summed E-state index contributed by atoms with van der Waals surface area (Å²) >= 11 is 0. The van der Waals surface area contributed by atoms with Crippen LogP contribution in [0.15, 0.2) is 72.8 Å². The van der Waals surface area contributed by atoms with Gasteiger partial charge in [0.15, 0.2) is 0 Å². The van der Waals surface area contributed by atoms with Crippen molar-refractivity contribution < 1.29 is 14.6 Å². The highest BCUT2D eigenvalue weighted by Gasteiger charge is 2.01. The predicted octanol–water partition coefficient (Wildman–Crippen LogP) is 4.52. The molecule has 1 N–H and O–H groups in total. The van der Waals surface area contributed by atoms with E-state index in [9.17, 15) is 4.79 Å². The topological polar surface area (TPSA) is 46.5 Å². The minimum absolute atomic E-state index is 0.492. The Balaban J connectivity index is 1.71. The molecule has 0 heterocycles. The molecule has 0 atom stereocenters. The third-order valence-electron chi connectivity index (χ3n) is 3.57. The molecule has 0 amide bonds. The van der Waals surface area contributed by atoms with Crippen molar-refractivity contribution in [2.75, 3.05) is 0 Å². The van der Waals surface area contributed by atoms with Crippen LogP contribution in [0.4, 0.5) is 0 Å². The summed E-state index contributed by atoms with van der Waals surface area (Å²) in [7, 11) is 0. The summed E-state index contributed by atoms with van der Waals surface area (Å²) in [6.45, 7) is 0.492. The van der Waals surface area contributed by atoms with Crippen molar-refractivity contribution >= 4 is 22.8 Å². The van der Waals surface area contributed by atoms with E-state index in [1.54, 1.807) is 6.08 Å². The van der Waals surface area contributed by atoms with E-state index < -0.39 is 5.97 Å². The Kier molecular flexibility index (Phi) is 4.39. The third kappa shape index (κ3) is 3.77. The molecule has 0 aromatic heterocycles. The summed E-state index contributed by atoms with van der Waals surface area (Å²) in [6.07, 6.45) is 2.67. The first kappa shape index (κ1) is 14.9. The van der Waals surface area contributed by atoms with Crippen molar-refractivity contribution in [2.24, 2.45) is 0 Å². The van der Waals surface area contributed by atoms with Gasteiger partial charge in [-0.05, 0) is 40.1 Å². The highest BCUT2D eigenvalue weighted by atomic mass is 16.5. The molecule has 23 heavy (non-hydrogen) atoms. The lowest BCUT2D eigenvalue weighted by Crippen LogP contribution is -1.96. The highest BCUT2D eigenvalue weighted by molar-refractivity contribution is 5.86. The van der Waals surface area contributed by atoms with Gasteiger partial charge >= 0.3 is 5.97 Å². The molecule has 3 rings (SSSR count). The first-order valence-corrected chi connectivity index (χ1v) is 7.33. The number of hydrogen-bond donors (Lipinski definition) is 1. The molecule has 0 saturated carbocycles. The van der Waals surface area contributed by atoms with Crippen molar-refractivity contribution in [1.82, 2.24) is 0 Å². The van der Waals surface area contributed by atoms with Crippen LogP contribution in [0.1, 0.15) is 11.1 Å². The van der Waals surface area contributed by atoms with Gasteiger partial charge < -0.3 is 9.84 Å². The molecule has 0 aliphatic rings. The van der Waals surface area contributed by atoms with E-state index in [-0.39, 0.29) is 0 Å². The Labute approximate surface area is 134 Å². The second-order valence-corrected chi connectivity index (χ2v) is 5.17. The van der Waals surface area contributed by atoms with Gasteiger partial charge in [-0.15, -0.1) is 0 Å². The number of carbonyl (C=O) groups is 1. The summed E-state index contributed by atoms with van der Waals surface area (Å²) in [5.41, 5.74) is 1.96. The maximum absolute atomic E-state index is 10.5. The zero-order chi connectivity index (χ0) is 16.1. The van der Waals surface area contributed by atoms with Crippen LogP contribution >= 0.6 is 0 Å². The average molecular weight is 304 g/mol. The fourth-order valence-electron chi connectivity index (χ4n) is 2.42. The average Bonchev–Trinajstić information content (AvgIpc) is 2.59. The largest absolute Gasteiger partial charge is 0.489 e. The lowest BCUT2D eigenvalue weighted by molar-refractivity contribution is -0.131. The van der Waals surface area contributed by atoms with Gasteiger partial charge in [-0.1, -0.05) is 54.6 Å². The standard InChI is InChI=1S/C20H16O3/c21-20(22)13-10-15-8-11-18(12-9-15)23-14-17-6-3-5-16-4-1-2-7-19(16)17/h1-13H,14H2,(H,21,22)/b13-10+. The quantitative estimate of drug-likeness (QED) is 0.705. The number of ether oxygens (including phenoxy) is 1. The summed E-state index contributed by atoms with van der Waals surface area (Å²) in [4.78, 5) is 10.5. The molecular formula is C20H16O3. The molecule has 3 aromatic carbocycles. The van der Waals surface area contributed by atoms with Crippen LogP contribution in [-0.4, -0.2) is 11.1 Å². The summed E-state index contributed by atoms with van der Waals surface area (Å²) < 4.78 is 5.84. The van der Waals surface area contributed by atoms with Crippen LogP contribution in [0.5, 0.6) is 5.75 Å². The van der Waals surface area contributed by atoms with E-state index in [4.69, 9.17) is 9.84 Å². The molecule has 0 radical (unpaired) electrons. The van der Waals surface area contributed by atoms with Crippen molar-refractivity contribution in [3.05, 3.63) is 83.9 Å². The smallest absolute Gasteiger partial charge is 0.328 e. The second kappa shape index (κ2) is 6.79. The molecule has 0 aliphatic carbocycles. The lowest BCUT2D eigenvalue weighted by atomic mass is 10.1. The minimum Gasteiger partial charge on any atom is -0.489 e. The van der Waals surface area contributed by atoms with E-state index in [1.165, 1.54) is 10.8 Å². The van der Waals surface area contributed by atoms with Gasteiger partial charge in [-0.3, -0.25) is 0 Å². The lowest BCUT2D eigenvalue weighted by Gasteiger charge is -2.09. The van der Waals surface area contributed by atoms with Gasteiger partial charge in [-0.2, -0.15) is 0 Å². The van der Waals surface area contributed by atoms with Crippen LogP contribution in [0, 0.1) is 0 Å². The van der Waals surface area contributed by atoms with Gasteiger partial charge in [0, 0.05) is 6.08 Å². The molecule has 0 bridgehead atoms. The molecule has 0 fully saturated rings. The van der Waals surface area contributed by atoms with E-state index >= 15 is 0 Å². The van der Waals surface area contributed by atoms with Crippen LogP contribution in [0.2, 0.25) is 0 Å². The molecule has 0 spiro atoms. The van der Waals surface area contributed by atoms with Gasteiger partial charge in [-0.25, -0.2) is 4.79 Å². The maximum atomic E-state index is 10.5. The third-order valence-corrected chi connectivity index (χ3v) is 3.57. The van der Waals surface area contributed by atoms with Gasteiger partial charge in [0.2, 0.25) is 0 Å². The number of fused-ring (bicyclic) bond motifs is 1. The number of aliphatic carboxylic acids is 1. The highest BCUT2D eigenvalue weighted by Crippen LogP contribution is 2.21. The Morgan fingerprint density at radius 2 is 1.70 bits per heavy atom. The molecule has 0 aliphatic heterocycles. The summed E-state index contributed by atoms with van der Waals surface area (Å²) in [5, 5.41) is 11.0. The fraction of sp³-hybridized carbons (Fsp3) is 0.0500. The Morgan fingerprint density at radius 3 is 2.48 bits per heavy atom. The molecule has 3 heteroatoms. The number of hydrogen-bond acceptors (Lipinski definition) is 2. The van der Waals surface area contributed by atoms with Crippen molar-refractivity contribution in [2.45, 2.75) is 6.61 Å². The van der Waals surface area contributed by atoms with E-state index in [0.717, 1.165) is 23.0 Å². The zero-order valence-corrected chi connectivity index (χ0v) is 12.5. The summed E-state index contributed by atoms with van der Waals surface area (Å²) in [5.74, 6) is -0.202.